The molecular formula is C25H33N7O2. The summed E-state index contributed by atoms with van der Waals surface area (Å²) >= 11 is 0. The van der Waals surface area contributed by atoms with Crippen molar-refractivity contribution in [1.29, 1.82) is 0 Å². The average Bonchev–Trinajstić information content (AvgIpc) is 3.39. The number of hydrogen-bond donors (Lipinski definition) is 2. The fourth-order valence-electron chi connectivity index (χ4n) is 3.46. The van der Waals surface area contributed by atoms with Gasteiger partial charge in [0.1, 0.15) is 11.6 Å². The van der Waals surface area contributed by atoms with Crippen LogP contribution in [-0.4, -0.2) is 74.3 Å². The smallest absolute Gasteiger partial charge is 0.219 e. The number of ether oxygens (including phenoxy) is 2. The van der Waals surface area contributed by atoms with Crippen molar-refractivity contribution in [2.24, 2.45) is 15.7 Å². The summed E-state index contributed by atoms with van der Waals surface area (Å²) in [4.78, 5) is 16.1. The first kappa shape index (κ1) is 24.9. The summed E-state index contributed by atoms with van der Waals surface area (Å²) in [6.45, 7) is 12.9. The zero-order valence-corrected chi connectivity index (χ0v) is 19.5. The fourth-order valence-corrected chi connectivity index (χ4v) is 3.46. The number of anilines is 1. The van der Waals surface area contributed by atoms with Gasteiger partial charge in [-0.25, -0.2) is 4.99 Å². The predicted molar refractivity (Wildman–Crippen MR) is 137 cm³/mol. The van der Waals surface area contributed by atoms with Crippen LogP contribution >= 0.6 is 0 Å². The van der Waals surface area contributed by atoms with Crippen LogP contribution in [0.2, 0.25) is 0 Å². The highest BCUT2D eigenvalue weighted by molar-refractivity contribution is 5.45. The van der Waals surface area contributed by atoms with Gasteiger partial charge in [-0.2, -0.15) is 0 Å². The Balaban J connectivity index is 0.000000302. The molecule has 0 saturated carbocycles. The van der Waals surface area contributed by atoms with Crippen molar-refractivity contribution in [2.75, 3.05) is 51.4 Å². The normalized spacial score (nSPS) is 17.9. The van der Waals surface area contributed by atoms with Crippen LogP contribution in [0.15, 0.2) is 88.3 Å². The lowest BCUT2D eigenvalue weighted by Gasteiger charge is -2.24. The van der Waals surface area contributed by atoms with E-state index >= 15 is 0 Å². The van der Waals surface area contributed by atoms with E-state index in [4.69, 9.17) is 15.2 Å². The highest BCUT2D eigenvalue weighted by Gasteiger charge is 2.21. The third-order valence-corrected chi connectivity index (χ3v) is 5.29. The summed E-state index contributed by atoms with van der Waals surface area (Å²) in [5.74, 6) is 1.84. The van der Waals surface area contributed by atoms with E-state index < -0.39 is 0 Å². The van der Waals surface area contributed by atoms with E-state index in [-0.39, 0.29) is 0 Å². The van der Waals surface area contributed by atoms with Gasteiger partial charge in [0.25, 0.3) is 0 Å². The van der Waals surface area contributed by atoms with Crippen LogP contribution in [0.4, 0.5) is 5.69 Å². The second-order valence-electron chi connectivity index (χ2n) is 7.70. The SMILES string of the molecule is C=N/C(Oc1cccnc1)=C1/CCN(/C(N)=C/Nc2ccccc2)C1.C=NCN1CCOCC1. The molecule has 0 atom stereocenters. The fraction of sp³-hybridized carbons (Fsp3) is 0.320. The number of nitrogens with one attached hydrogen (secondary N) is 1. The van der Waals surface area contributed by atoms with E-state index in [1.807, 2.05) is 42.5 Å². The molecule has 1 aromatic carbocycles. The van der Waals surface area contributed by atoms with Crippen molar-refractivity contribution < 1.29 is 9.47 Å². The zero-order valence-electron chi connectivity index (χ0n) is 19.5. The number of rotatable bonds is 8. The number of para-hydroxylation sites is 1. The Hall–Kier alpha value is -3.69. The molecule has 2 fully saturated rings. The molecule has 34 heavy (non-hydrogen) atoms. The Morgan fingerprint density at radius 2 is 1.94 bits per heavy atom. The van der Waals surface area contributed by atoms with Crippen LogP contribution in [0, 0.1) is 0 Å². The number of aromatic nitrogens is 1. The molecule has 3 heterocycles. The van der Waals surface area contributed by atoms with Gasteiger partial charge in [0.05, 0.1) is 26.1 Å². The van der Waals surface area contributed by atoms with Crippen molar-refractivity contribution in [3.8, 4) is 5.75 Å². The van der Waals surface area contributed by atoms with E-state index in [1.165, 1.54) is 0 Å². The second-order valence-corrected chi connectivity index (χ2v) is 7.70. The van der Waals surface area contributed by atoms with Gasteiger partial charge >= 0.3 is 0 Å². The van der Waals surface area contributed by atoms with Crippen LogP contribution in [-0.2, 0) is 4.74 Å². The Labute approximate surface area is 201 Å². The zero-order chi connectivity index (χ0) is 24.0. The van der Waals surface area contributed by atoms with Crippen LogP contribution in [0.25, 0.3) is 0 Å². The van der Waals surface area contributed by atoms with Gasteiger partial charge in [0.15, 0.2) is 0 Å². The number of hydrogen-bond acceptors (Lipinski definition) is 9. The minimum atomic E-state index is 0.527. The van der Waals surface area contributed by atoms with Crippen molar-refractivity contribution in [2.45, 2.75) is 6.42 Å². The van der Waals surface area contributed by atoms with Crippen LogP contribution in [0.3, 0.4) is 0 Å². The Bertz CT molecular complexity index is 958. The number of morpholine rings is 1. The minimum absolute atomic E-state index is 0.527. The Morgan fingerprint density at radius 3 is 2.62 bits per heavy atom. The van der Waals surface area contributed by atoms with Crippen LogP contribution in [0.1, 0.15) is 6.42 Å². The number of likely N-dealkylation sites (tertiary alicyclic amines) is 1. The molecule has 3 N–H and O–H groups in total. The molecule has 2 aliphatic rings. The Kier molecular flexibility index (Phi) is 10.1. The van der Waals surface area contributed by atoms with Gasteiger partial charge in [-0.3, -0.25) is 14.9 Å². The van der Waals surface area contributed by atoms with Crippen molar-refractivity contribution in [3.63, 3.8) is 0 Å². The van der Waals surface area contributed by atoms with E-state index in [9.17, 15) is 0 Å². The van der Waals surface area contributed by atoms with Crippen molar-refractivity contribution >= 4 is 19.1 Å². The third kappa shape index (κ3) is 8.02. The lowest BCUT2D eigenvalue weighted by molar-refractivity contribution is 0.0395. The third-order valence-electron chi connectivity index (χ3n) is 5.29. The second kappa shape index (κ2) is 13.8. The molecule has 0 unspecified atom stereocenters. The molecule has 0 radical (unpaired) electrons. The molecule has 1 aromatic heterocycles. The highest BCUT2D eigenvalue weighted by atomic mass is 16.5. The summed E-state index contributed by atoms with van der Waals surface area (Å²) in [5.41, 5.74) is 8.25. The Morgan fingerprint density at radius 1 is 1.15 bits per heavy atom. The lowest BCUT2D eigenvalue weighted by atomic mass is 10.2. The standard InChI is InChI=1S/C19H21N5O.C6H12N2O/c1-21-19(25-17-8-5-10-22-12-17)15-9-11-24(14-15)18(20)13-23-16-6-3-2-4-7-16;1-7-6-8-2-4-9-5-3-8/h2-8,10,12-13,23H,1,9,11,14,20H2;1-6H2/b18-13+,19-15+;. The van der Waals surface area contributed by atoms with E-state index in [0.717, 1.165) is 57.2 Å². The van der Waals surface area contributed by atoms with Gasteiger partial charge in [-0.15, -0.1) is 0 Å². The lowest BCUT2D eigenvalue weighted by Crippen LogP contribution is -2.36. The molecule has 2 aliphatic heterocycles. The van der Waals surface area contributed by atoms with Gasteiger partial charge in [-0.1, -0.05) is 18.2 Å². The summed E-state index contributed by atoms with van der Waals surface area (Å²) < 4.78 is 10.9. The maximum absolute atomic E-state index is 6.19. The highest BCUT2D eigenvalue weighted by Crippen LogP contribution is 2.24. The minimum Gasteiger partial charge on any atom is -0.437 e. The molecule has 2 saturated heterocycles. The largest absolute Gasteiger partial charge is 0.437 e. The van der Waals surface area contributed by atoms with E-state index in [0.29, 0.717) is 24.0 Å². The monoisotopic (exact) mass is 463 g/mol. The number of aliphatic imine (C=N–C) groups is 2. The summed E-state index contributed by atoms with van der Waals surface area (Å²) in [5, 5.41) is 3.20. The van der Waals surface area contributed by atoms with E-state index in [1.54, 1.807) is 18.6 Å². The number of nitrogens with zero attached hydrogens (tertiary/aromatic N) is 5. The first-order chi connectivity index (χ1) is 16.7. The molecule has 2 aromatic rings. The van der Waals surface area contributed by atoms with Crippen molar-refractivity contribution in [3.05, 3.63) is 78.3 Å². The molecule has 0 amide bonds. The van der Waals surface area contributed by atoms with E-state index in [2.05, 4.69) is 43.5 Å². The average molecular weight is 464 g/mol. The van der Waals surface area contributed by atoms with Crippen molar-refractivity contribution in [1.82, 2.24) is 14.8 Å². The van der Waals surface area contributed by atoms with Gasteiger partial charge in [-0.05, 0) is 44.1 Å². The quantitative estimate of drug-likeness (QED) is 0.459. The first-order valence-electron chi connectivity index (χ1n) is 11.2. The summed E-state index contributed by atoms with van der Waals surface area (Å²) in [6.07, 6.45) is 5.98. The first-order valence-corrected chi connectivity index (χ1v) is 11.2. The topological polar surface area (TPSA) is 101 Å². The number of benzene rings is 1. The molecule has 0 spiro atoms. The van der Waals surface area contributed by atoms with Gasteiger partial charge in [0.2, 0.25) is 5.88 Å². The van der Waals surface area contributed by atoms with Gasteiger partial charge in [0, 0.05) is 49.8 Å². The van der Waals surface area contributed by atoms with Crippen LogP contribution < -0.4 is 15.8 Å². The number of pyridine rings is 1. The molecule has 9 heteroatoms. The molecule has 4 rings (SSSR count). The van der Waals surface area contributed by atoms with Crippen LogP contribution in [0.5, 0.6) is 5.75 Å². The maximum atomic E-state index is 6.19. The molecule has 0 aliphatic carbocycles. The predicted octanol–water partition coefficient (Wildman–Crippen LogP) is 2.92. The molecular weight excluding hydrogens is 430 g/mol. The molecule has 9 nitrogen and oxygen atoms in total. The number of nitrogens with two attached hydrogens (primary N) is 1. The maximum Gasteiger partial charge on any atom is 0.219 e. The summed E-state index contributed by atoms with van der Waals surface area (Å²) in [7, 11) is 0. The molecule has 0 bridgehead atoms. The van der Waals surface area contributed by atoms with Gasteiger partial charge < -0.3 is 25.4 Å². The molecule has 180 valence electrons. The summed E-state index contributed by atoms with van der Waals surface area (Å²) in [6, 6.07) is 13.5.